The van der Waals surface area contributed by atoms with Crippen molar-refractivity contribution in [1.29, 1.82) is 0 Å². The van der Waals surface area contributed by atoms with E-state index in [4.69, 9.17) is 0 Å². The monoisotopic (exact) mass is 219 g/mol. The van der Waals surface area contributed by atoms with Gasteiger partial charge < -0.3 is 10.4 Å². The molecule has 0 amide bonds. The second-order valence-electron chi connectivity index (χ2n) is 4.54. The fraction of sp³-hybridized carbons (Fsp3) is 1.00. The standard InChI is InChI=1S/C11H25NOS/c1-9(2)10(3)14-7-6-11(4,8-13)12-5/h9-10,12-13H,6-8H2,1-5H3. The molecule has 3 heteroatoms. The van der Waals surface area contributed by atoms with Crippen molar-refractivity contribution in [3.8, 4) is 0 Å². The highest BCUT2D eigenvalue weighted by Crippen LogP contribution is 2.22. The largest absolute Gasteiger partial charge is 0.394 e. The number of rotatable bonds is 7. The van der Waals surface area contributed by atoms with Gasteiger partial charge in [0.05, 0.1) is 6.61 Å². The summed E-state index contributed by atoms with van der Waals surface area (Å²) in [7, 11) is 1.91. The van der Waals surface area contributed by atoms with Crippen molar-refractivity contribution in [3.05, 3.63) is 0 Å². The van der Waals surface area contributed by atoms with Crippen molar-refractivity contribution in [2.75, 3.05) is 19.4 Å². The van der Waals surface area contributed by atoms with Crippen LogP contribution in [0.4, 0.5) is 0 Å². The van der Waals surface area contributed by atoms with Gasteiger partial charge in [-0.15, -0.1) is 0 Å². The van der Waals surface area contributed by atoms with Gasteiger partial charge in [-0.2, -0.15) is 11.8 Å². The van der Waals surface area contributed by atoms with Crippen molar-refractivity contribution < 1.29 is 5.11 Å². The molecule has 0 fully saturated rings. The molecule has 0 bridgehead atoms. The normalized spacial score (nSPS) is 18.2. The minimum atomic E-state index is -0.107. The maximum Gasteiger partial charge on any atom is 0.0610 e. The van der Waals surface area contributed by atoms with Crippen LogP contribution in [0.25, 0.3) is 0 Å². The fourth-order valence-corrected chi connectivity index (χ4v) is 2.27. The lowest BCUT2D eigenvalue weighted by Gasteiger charge is -2.27. The number of nitrogens with one attached hydrogen (secondary N) is 1. The number of aliphatic hydroxyl groups is 1. The van der Waals surface area contributed by atoms with E-state index in [1.54, 1.807) is 0 Å². The van der Waals surface area contributed by atoms with E-state index in [1.165, 1.54) is 0 Å². The Kier molecular flexibility index (Phi) is 6.83. The van der Waals surface area contributed by atoms with Gasteiger partial charge in [0.2, 0.25) is 0 Å². The minimum absolute atomic E-state index is 0.107. The molecule has 0 aromatic rings. The molecule has 2 N–H and O–H groups in total. The molecule has 0 radical (unpaired) electrons. The Hall–Kier alpha value is 0.270. The van der Waals surface area contributed by atoms with Crippen molar-refractivity contribution >= 4 is 11.8 Å². The van der Waals surface area contributed by atoms with Crippen LogP contribution >= 0.6 is 11.8 Å². The first-order valence-electron chi connectivity index (χ1n) is 5.36. The quantitative estimate of drug-likeness (QED) is 0.688. The molecule has 0 aromatic carbocycles. The summed E-state index contributed by atoms with van der Waals surface area (Å²) in [6.45, 7) is 9.04. The van der Waals surface area contributed by atoms with Crippen LogP contribution in [0.2, 0.25) is 0 Å². The van der Waals surface area contributed by atoms with Crippen LogP contribution in [-0.2, 0) is 0 Å². The van der Waals surface area contributed by atoms with E-state index in [0.717, 1.165) is 18.1 Å². The summed E-state index contributed by atoms with van der Waals surface area (Å²) >= 11 is 1.99. The summed E-state index contributed by atoms with van der Waals surface area (Å²) in [6.07, 6.45) is 1.02. The molecule has 0 saturated carbocycles. The van der Waals surface area contributed by atoms with Crippen LogP contribution in [0.5, 0.6) is 0 Å². The smallest absolute Gasteiger partial charge is 0.0610 e. The number of hydrogen-bond donors (Lipinski definition) is 2. The summed E-state index contributed by atoms with van der Waals surface area (Å²) in [5, 5.41) is 13.1. The number of hydrogen-bond acceptors (Lipinski definition) is 3. The molecule has 0 saturated heterocycles. The first-order valence-corrected chi connectivity index (χ1v) is 6.41. The van der Waals surface area contributed by atoms with Crippen LogP contribution in [0.3, 0.4) is 0 Å². The zero-order valence-corrected chi connectivity index (χ0v) is 10.9. The first kappa shape index (κ1) is 14.3. The molecule has 0 spiro atoms. The third kappa shape index (κ3) is 5.23. The van der Waals surface area contributed by atoms with Gasteiger partial charge in [-0.25, -0.2) is 0 Å². The first-order chi connectivity index (χ1) is 6.45. The van der Waals surface area contributed by atoms with Crippen molar-refractivity contribution in [2.45, 2.75) is 44.9 Å². The van der Waals surface area contributed by atoms with Gasteiger partial charge in [0.15, 0.2) is 0 Å². The van der Waals surface area contributed by atoms with Gasteiger partial charge >= 0.3 is 0 Å². The van der Waals surface area contributed by atoms with Crippen LogP contribution in [-0.4, -0.2) is 35.3 Å². The molecule has 2 unspecified atom stereocenters. The maximum absolute atomic E-state index is 9.19. The Labute approximate surface area is 92.9 Å². The second kappa shape index (κ2) is 6.70. The summed E-state index contributed by atoms with van der Waals surface area (Å²) in [5.41, 5.74) is -0.107. The Morgan fingerprint density at radius 3 is 2.29 bits per heavy atom. The number of thioether (sulfide) groups is 1. The van der Waals surface area contributed by atoms with Crippen LogP contribution in [0, 0.1) is 5.92 Å². The van der Waals surface area contributed by atoms with Gasteiger partial charge in [-0.1, -0.05) is 20.8 Å². The molecule has 86 valence electrons. The summed E-state index contributed by atoms with van der Waals surface area (Å²) < 4.78 is 0. The van der Waals surface area contributed by atoms with E-state index in [9.17, 15) is 5.11 Å². The summed E-state index contributed by atoms with van der Waals surface area (Å²) in [4.78, 5) is 0. The van der Waals surface area contributed by atoms with E-state index in [1.807, 2.05) is 18.8 Å². The van der Waals surface area contributed by atoms with E-state index >= 15 is 0 Å². The van der Waals surface area contributed by atoms with E-state index in [2.05, 4.69) is 33.0 Å². The van der Waals surface area contributed by atoms with E-state index in [0.29, 0.717) is 5.25 Å². The third-order valence-electron chi connectivity index (χ3n) is 2.93. The minimum Gasteiger partial charge on any atom is -0.394 e. The van der Waals surface area contributed by atoms with Gasteiger partial charge in [0, 0.05) is 10.8 Å². The summed E-state index contributed by atoms with van der Waals surface area (Å²) in [6, 6.07) is 0. The molecular formula is C11H25NOS. The zero-order valence-electron chi connectivity index (χ0n) is 10.1. The van der Waals surface area contributed by atoms with E-state index in [-0.39, 0.29) is 12.1 Å². The molecule has 2 nitrogen and oxygen atoms in total. The molecule has 0 aromatic heterocycles. The molecule has 0 aliphatic rings. The third-order valence-corrected chi connectivity index (χ3v) is 4.44. The fourth-order valence-electron chi connectivity index (χ4n) is 0.946. The predicted octanol–water partition coefficient (Wildman–Crippen LogP) is 2.12. The Morgan fingerprint density at radius 1 is 1.36 bits per heavy atom. The molecule has 0 aliphatic carbocycles. The molecule has 0 aliphatic heterocycles. The lowest BCUT2D eigenvalue weighted by molar-refractivity contribution is 0.179. The van der Waals surface area contributed by atoms with Crippen LogP contribution in [0.15, 0.2) is 0 Å². The Bertz CT molecular complexity index is 146. The van der Waals surface area contributed by atoms with Gasteiger partial charge in [-0.05, 0) is 32.1 Å². The lowest BCUT2D eigenvalue weighted by atomic mass is 10.0. The van der Waals surface area contributed by atoms with Gasteiger partial charge in [-0.3, -0.25) is 0 Å². The zero-order chi connectivity index (χ0) is 11.2. The maximum atomic E-state index is 9.19. The van der Waals surface area contributed by atoms with Crippen molar-refractivity contribution in [2.24, 2.45) is 5.92 Å². The number of likely N-dealkylation sites (N-methyl/N-ethyl adjacent to an activating group) is 1. The topological polar surface area (TPSA) is 32.3 Å². The van der Waals surface area contributed by atoms with Crippen LogP contribution in [0.1, 0.15) is 34.1 Å². The predicted molar refractivity (Wildman–Crippen MR) is 65.9 cm³/mol. The molecule has 0 heterocycles. The van der Waals surface area contributed by atoms with Crippen molar-refractivity contribution in [1.82, 2.24) is 5.32 Å². The molecule has 14 heavy (non-hydrogen) atoms. The average molecular weight is 219 g/mol. The van der Waals surface area contributed by atoms with Crippen LogP contribution < -0.4 is 5.32 Å². The SMILES string of the molecule is CNC(C)(CO)CCSC(C)C(C)C. The highest BCUT2D eigenvalue weighted by atomic mass is 32.2. The molecule has 2 atom stereocenters. The Balaban J connectivity index is 3.72. The Morgan fingerprint density at radius 2 is 1.93 bits per heavy atom. The average Bonchev–Trinajstić information content (AvgIpc) is 2.17. The van der Waals surface area contributed by atoms with Crippen molar-refractivity contribution in [3.63, 3.8) is 0 Å². The highest BCUT2D eigenvalue weighted by Gasteiger charge is 2.20. The summed E-state index contributed by atoms with van der Waals surface area (Å²) in [5.74, 6) is 1.84. The van der Waals surface area contributed by atoms with Gasteiger partial charge in [0.25, 0.3) is 0 Å². The second-order valence-corrected chi connectivity index (χ2v) is 6.02. The molecule has 0 rings (SSSR count). The van der Waals surface area contributed by atoms with E-state index < -0.39 is 0 Å². The van der Waals surface area contributed by atoms with Gasteiger partial charge in [0.1, 0.15) is 0 Å². The lowest BCUT2D eigenvalue weighted by Crippen LogP contribution is -2.43. The number of aliphatic hydroxyl groups excluding tert-OH is 1. The molecular weight excluding hydrogens is 194 g/mol. The highest BCUT2D eigenvalue weighted by molar-refractivity contribution is 7.99.